The number of carbonyl (C=O) groups excluding carboxylic acids is 2. The van der Waals surface area contributed by atoms with Crippen molar-refractivity contribution < 1.29 is 14.3 Å². The number of anilines is 1. The molecule has 1 aromatic rings. The summed E-state index contributed by atoms with van der Waals surface area (Å²) >= 11 is 11.8. The van der Waals surface area contributed by atoms with E-state index in [1.807, 2.05) is 0 Å². The Morgan fingerprint density at radius 3 is 2.75 bits per heavy atom. The average molecular weight is 371 g/mol. The molecule has 0 bridgehead atoms. The minimum Gasteiger partial charge on any atom is -0.450 e. The van der Waals surface area contributed by atoms with E-state index in [1.54, 1.807) is 31.2 Å². The largest absolute Gasteiger partial charge is 0.450 e. The molecule has 0 unspecified atom stereocenters. The Morgan fingerprint density at radius 1 is 1.33 bits per heavy atom. The third-order valence-electron chi connectivity index (χ3n) is 2.63. The first-order valence-corrected chi connectivity index (χ1v) is 7.74. The van der Waals surface area contributed by atoms with Crippen molar-refractivity contribution in [2.24, 2.45) is 0 Å². The molecule has 0 saturated carbocycles. The molecule has 0 aliphatic carbocycles. The Bertz CT molecular complexity index is 671. The van der Waals surface area contributed by atoms with E-state index in [2.05, 4.69) is 20.7 Å². The maximum Gasteiger partial charge on any atom is 0.407 e. The van der Waals surface area contributed by atoms with Crippen LogP contribution in [0.3, 0.4) is 0 Å². The molecule has 128 valence electrons. The van der Waals surface area contributed by atoms with E-state index in [9.17, 15) is 9.59 Å². The standard InChI is InChI=1S/C15H16Cl2N4O3/c1-2-24-15(23)20-7-6-19-9-10(8-18)14(22)21-12-5-3-4-11(16)13(12)17/h3-5,9,19H,2,6-7H2,1H3,(H,20,23)(H,21,22)/b10-9-. The van der Waals surface area contributed by atoms with Gasteiger partial charge in [0, 0.05) is 19.3 Å². The summed E-state index contributed by atoms with van der Waals surface area (Å²) in [5.74, 6) is -0.632. The molecule has 0 radical (unpaired) electrons. The van der Waals surface area contributed by atoms with E-state index in [0.717, 1.165) is 0 Å². The van der Waals surface area contributed by atoms with Crippen LogP contribution in [0.2, 0.25) is 10.0 Å². The molecule has 0 saturated heterocycles. The van der Waals surface area contributed by atoms with E-state index in [1.165, 1.54) is 6.20 Å². The molecular weight excluding hydrogens is 355 g/mol. The van der Waals surface area contributed by atoms with Gasteiger partial charge in [0.1, 0.15) is 11.6 Å². The summed E-state index contributed by atoms with van der Waals surface area (Å²) in [5.41, 5.74) is 0.154. The second-order valence-electron chi connectivity index (χ2n) is 4.33. The number of ether oxygens (including phenoxy) is 1. The van der Waals surface area contributed by atoms with Crippen LogP contribution in [-0.4, -0.2) is 31.7 Å². The maximum absolute atomic E-state index is 12.0. The molecule has 0 heterocycles. The quantitative estimate of drug-likeness (QED) is 0.388. The van der Waals surface area contributed by atoms with Crippen LogP contribution in [0.4, 0.5) is 10.5 Å². The molecule has 0 aliphatic rings. The van der Waals surface area contributed by atoms with Crippen LogP contribution >= 0.6 is 23.2 Å². The minimum absolute atomic E-state index is 0.151. The molecule has 0 aromatic heterocycles. The monoisotopic (exact) mass is 370 g/mol. The second-order valence-corrected chi connectivity index (χ2v) is 5.11. The fraction of sp³-hybridized carbons (Fsp3) is 0.267. The summed E-state index contributed by atoms with van der Waals surface area (Å²) < 4.78 is 4.68. The fourth-order valence-corrected chi connectivity index (χ4v) is 1.88. The topological polar surface area (TPSA) is 103 Å². The highest BCUT2D eigenvalue weighted by Gasteiger charge is 2.12. The third kappa shape index (κ3) is 6.36. The maximum atomic E-state index is 12.0. The Hall–Kier alpha value is -2.43. The number of alkyl carbamates (subject to hydrolysis) is 1. The molecule has 1 aromatic carbocycles. The number of nitrogens with one attached hydrogen (secondary N) is 3. The number of nitriles is 1. The number of amides is 2. The average Bonchev–Trinajstić information content (AvgIpc) is 2.55. The van der Waals surface area contributed by atoms with Gasteiger partial charge < -0.3 is 20.7 Å². The molecule has 24 heavy (non-hydrogen) atoms. The molecule has 0 aliphatic heterocycles. The molecular formula is C15H16Cl2N4O3. The Kier molecular flexibility index (Phi) is 8.47. The van der Waals surface area contributed by atoms with Gasteiger partial charge in [0.15, 0.2) is 0 Å². The molecule has 0 fully saturated rings. The summed E-state index contributed by atoms with van der Waals surface area (Å²) in [7, 11) is 0. The molecule has 9 heteroatoms. The molecule has 0 spiro atoms. The third-order valence-corrected chi connectivity index (χ3v) is 3.44. The van der Waals surface area contributed by atoms with Crippen molar-refractivity contribution in [3.8, 4) is 6.07 Å². The summed E-state index contributed by atoms with van der Waals surface area (Å²) in [6.07, 6.45) is 0.720. The molecule has 0 atom stereocenters. The molecule has 3 N–H and O–H groups in total. The van der Waals surface area contributed by atoms with Crippen molar-refractivity contribution in [2.45, 2.75) is 6.92 Å². The minimum atomic E-state index is -0.632. The van der Waals surface area contributed by atoms with Gasteiger partial charge in [-0.25, -0.2) is 4.79 Å². The summed E-state index contributed by atoms with van der Waals surface area (Å²) in [6, 6.07) is 6.55. The lowest BCUT2D eigenvalue weighted by Gasteiger charge is -2.08. The number of carbonyl (C=O) groups is 2. The van der Waals surface area contributed by atoms with E-state index < -0.39 is 12.0 Å². The van der Waals surface area contributed by atoms with E-state index in [0.29, 0.717) is 17.3 Å². The van der Waals surface area contributed by atoms with Crippen LogP contribution in [0, 0.1) is 11.3 Å². The van der Waals surface area contributed by atoms with Gasteiger partial charge in [0.2, 0.25) is 0 Å². The second kappa shape index (κ2) is 10.4. The van der Waals surface area contributed by atoms with Gasteiger partial charge in [-0.2, -0.15) is 5.26 Å². The Morgan fingerprint density at radius 2 is 2.08 bits per heavy atom. The number of nitrogens with zero attached hydrogens (tertiary/aromatic N) is 1. The summed E-state index contributed by atoms with van der Waals surface area (Å²) in [6.45, 7) is 2.57. The van der Waals surface area contributed by atoms with Gasteiger partial charge in [0.05, 0.1) is 22.3 Å². The SMILES string of the molecule is CCOC(=O)NCCN/C=C(/C#N)C(=O)Nc1cccc(Cl)c1Cl. The Labute approximate surface area is 149 Å². The van der Waals surface area contributed by atoms with E-state index in [4.69, 9.17) is 28.5 Å². The zero-order valence-corrected chi connectivity index (χ0v) is 14.4. The van der Waals surface area contributed by atoms with Crippen molar-refractivity contribution in [1.29, 1.82) is 5.26 Å². The van der Waals surface area contributed by atoms with Crippen LogP contribution < -0.4 is 16.0 Å². The van der Waals surface area contributed by atoms with Crippen LogP contribution in [0.5, 0.6) is 0 Å². The molecule has 2 amide bonds. The smallest absolute Gasteiger partial charge is 0.407 e. The van der Waals surface area contributed by atoms with Crippen molar-refractivity contribution in [3.05, 3.63) is 40.0 Å². The number of benzene rings is 1. The Balaban J connectivity index is 2.53. The van der Waals surface area contributed by atoms with Gasteiger partial charge in [-0.1, -0.05) is 29.3 Å². The van der Waals surface area contributed by atoms with Gasteiger partial charge in [-0.3, -0.25) is 4.79 Å². The highest BCUT2D eigenvalue weighted by molar-refractivity contribution is 6.44. The lowest BCUT2D eigenvalue weighted by atomic mass is 10.2. The zero-order chi connectivity index (χ0) is 17.9. The first kappa shape index (κ1) is 19.6. The van der Waals surface area contributed by atoms with Crippen molar-refractivity contribution in [1.82, 2.24) is 10.6 Å². The highest BCUT2D eigenvalue weighted by atomic mass is 35.5. The van der Waals surface area contributed by atoms with Crippen LogP contribution in [0.15, 0.2) is 30.0 Å². The van der Waals surface area contributed by atoms with Crippen LogP contribution in [-0.2, 0) is 9.53 Å². The van der Waals surface area contributed by atoms with Crippen LogP contribution in [0.25, 0.3) is 0 Å². The van der Waals surface area contributed by atoms with Gasteiger partial charge >= 0.3 is 6.09 Å². The van der Waals surface area contributed by atoms with Crippen LogP contribution in [0.1, 0.15) is 6.92 Å². The van der Waals surface area contributed by atoms with Crippen molar-refractivity contribution >= 4 is 40.9 Å². The predicted molar refractivity (Wildman–Crippen MR) is 91.8 cm³/mol. The first-order chi connectivity index (χ1) is 11.5. The lowest BCUT2D eigenvalue weighted by molar-refractivity contribution is -0.112. The van der Waals surface area contributed by atoms with Gasteiger partial charge in [-0.15, -0.1) is 0 Å². The van der Waals surface area contributed by atoms with E-state index >= 15 is 0 Å². The first-order valence-electron chi connectivity index (χ1n) is 6.99. The van der Waals surface area contributed by atoms with Crippen molar-refractivity contribution in [2.75, 3.05) is 25.0 Å². The molecule has 7 nitrogen and oxygen atoms in total. The molecule has 1 rings (SSSR count). The summed E-state index contributed by atoms with van der Waals surface area (Å²) in [5, 5.41) is 17.3. The van der Waals surface area contributed by atoms with Gasteiger partial charge in [0.25, 0.3) is 5.91 Å². The summed E-state index contributed by atoms with van der Waals surface area (Å²) in [4.78, 5) is 23.1. The fourth-order valence-electron chi connectivity index (χ4n) is 1.53. The number of rotatable bonds is 7. The zero-order valence-electron chi connectivity index (χ0n) is 12.9. The lowest BCUT2D eigenvalue weighted by Crippen LogP contribution is -2.31. The number of hydrogen-bond donors (Lipinski definition) is 3. The van der Waals surface area contributed by atoms with E-state index in [-0.39, 0.29) is 23.7 Å². The van der Waals surface area contributed by atoms with Gasteiger partial charge in [-0.05, 0) is 19.1 Å². The predicted octanol–water partition coefficient (Wildman–Crippen LogP) is 2.68. The highest BCUT2D eigenvalue weighted by Crippen LogP contribution is 2.29. The number of halogens is 2. The number of hydrogen-bond acceptors (Lipinski definition) is 5. The van der Waals surface area contributed by atoms with Crippen molar-refractivity contribution in [3.63, 3.8) is 0 Å². The normalized spacial score (nSPS) is 10.5.